The molecule has 1 atom stereocenters. The van der Waals surface area contributed by atoms with E-state index in [2.05, 4.69) is 29.8 Å². The van der Waals surface area contributed by atoms with Gasteiger partial charge in [-0.3, -0.25) is 0 Å². The molecule has 1 aliphatic rings. The molecule has 1 saturated carbocycles. The van der Waals surface area contributed by atoms with Gasteiger partial charge in [0.2, 0.25) is 0 Å². The third-order valence-electron chi connectivity index (χ3n) is 3.21. The van der Waals surface area contributed by atoms with E-state index in [1.165, 1.54) is 38.5 Å². The molecular formula is C12H23BrO. The fourth-order valence-electron chi connectivity index (χ4n) is 2.23. The van der Waals surface area contributed by atoms with Crippen LogP contribution in [0.15, 0.2) is 0 Å². The van der Waals surface area contributed by atoms with Gasteiger partial charge in [-0.25, -0.2) is 0 Å². The average molecular weight is 263 g/mol. The van der Waals surface area contributed by atoms with Crippen LogP contribution in [0.5, 0.6) is 0 Å². The summed E-state index contributed by atoms with van der Waals surface area (Å²) in [7, 11) is 0. The zero-order valence-corrected chi connectivity index (χ0v) is 11.1. The van der Waals surface area contributed by atoms with Crippen molar-refractivity contribution in [3.63, 3.8) is 0 Å². The maximum Gasteiger partial charge on any atom is 0.0779 e. The van der Waals surface area contributed by atoms with Crippen LogP contribution in [0.3, 0.4) is 0 Å². The van der Waals surface area contributed by atoms with Crippen LogP contribution in [0, 0.1) is 5.92 Å². The molecule has 0 heterocycles. The molecule has 0 radical (unpaired) electrons. The predicted molar refractivity (Wildman–Crippen MR) is 65.0 cm³/mol. The van der Waals surface area contributed by atoms with Crippen molar-refractivity contribution in [1.82, 2.24) is 0 Å². The minimum Gasteiger partial charge on any atom is -0.374 e. The number of halogens is 1. The van der Waals surface area contributed by atoms with E-state index in [1.54, 1.807) is 0 Å². The standard InChI is InChI=1S/C12H23BrO/c1-3-6-11(2)9-14-12(10-13)7-4-5-8-12/h11H,3-10H2,1-2H3. The van der Waals surface area contributed by atoms with Gasteiger partial charge in [0.05, 0.1) is 5.60 Å². The summed E-state index contributed by atoms with van der Waals surface area (Å²) < 4.78 is 6.11. The van der Waals surface area contributed by atoms with Crippen molar-refractivity contribution < 1.29 is 4.74 Å². The Bertz CT molecular complexity index is 152. The van der Waals surface area contributed by atoms with Crippen molar-refractivity contribution >= 4 is 15.9 Å². The first-order valence-corrected chi connectivity index (χ1v) is 7.04. The molecule has 0 saturated heterocycles. The molecule has 1 fully saturated rings. The van der Waals surface area contributed by atoms with Crippen LogP contribution in [-0.4, -0.2) is 17.5 Å². The van der Waals surface area contributed by atoms with Crippen molar-refractivity contribution in [2.45, 2.75) is 58.0 Å². The Kier molecular flexibility index (Phi) is 5.47. The molecule has 0 spiro atoms. The highest BCUT2D eigenvalue weighted by molar-refractivity contribution is 9.09. The van der Waals surface area contributed by atoms with Gasteiger partial charge in [-0.2, -0.15) is 0 Å². The smallest absolute Gasteiger partial charge is 0.0779 e. The summed E-state index contributed by atoms with van der Waals surface area (Å²) in [5, 5.41) is 1.01. The highest BCUT2D eigenvalue weighted by Crippen LogP contribution is 2.35. The third kappa shape index (κ3) is 3.54. The van der Waals surface area contributed by atoms with Crippen molar-refractivity contribution in [3.05, 3.63) is 0 Å². The van der Waals surface area contributed by atoms with Gasteiger partial charge < -0.3 is 4.74 Å². The SMILES string of the molecule is CCCC(C)COC1(CBr)CCCC1. The second-order valence-corrected chi connectivity index (χ2v) is 5.29. The van der Waals surface area contributed by atoms with Gasteiger partial charge >= 0.3 is 0 Å². The molecule has 84 valence electrons. The van der Waals surface area contributed by atoms with E-state index in [0.717, 1.165) is 17.9 Å². The Morgan fingerprint density at radius 3 is 2.50 bits per heavy atom. The summed E-state index contributed by atoms with van der Waals surface area (Å²) in [6.07, 6.45) is 7.74. The lowest BCUT2D eigenvalue weighted by molar-refractivity contribution is -0.0375. The Balaban J connectivity index is 2.27. The molecule has 1 rings (SSSR count). The number of alkyl halides is 1. The number of hydrogen-bond donors (Lipinski definition) is 0. The van der Waals surface area contributed by atoms with Crippen molar-refractivity contribution in [1.29, 1.82) is 0 Å². The van der Waals surface area contributed by atoms with Crippen LogP contribution < -0.4 is 0 Å². The minimum absolute atomic E-state index is 0.183. The molecule has 1 aliphatic carbocycles. The van der Waals surface area contributed by atoms with E-state index in [4.69, 9.17) is 4.74 Å². The van der Waals surface area contributed by atoms with Crippen molar-refractivity contribution in [2.75, 3.05) is 11.9 Å². The van der Waals surface area contributed by atoms with Gasteiger partial charge in [-0.15, -0.1) is 0 Å². The lowest BCUT2D eigenvalue weighted by Crippen LogP contribution is -2.32. The maximum atomic E-state index is 6.11. The van der Waals surface area contributed by atoms with Crippen LogP contribution in [0.1, 0.15) is 52.4 Å². The van der Waals surface area contributed by atoms with E-state index in [-0.39, 0.29) is 5.60 Å². The van der Waals surface area contributed by atoms with Crippen LogP contribution in [-0.2, 0) is 4.74 Å². The highest BCUT2D eigenvalue weighted by Gasteiger charge is 2.33. The predicted octanol–water partition coefficient (Wildman–Crippen LogP) is 4.15. The van der Waals surface area contributed by atoms with E-state index < -0.39 is 0 Å². The maximum absolute atomic E-state index is 6.11. The normalized spacial score (nSPS) is 22.5. The van der Waals surface area contributed by atoms with Crippen molar-refractivity contribution in [3.8, 4) is 0 Å². The number of rotatable bonds is 6. The lowest BCUT2D eigenvalue weighted by atomic mass is 10.0. The third-order valence-corrected chi connectivity index (χ3v) is 4.24. The molecule has 0 aliphatic heterocycles. The zero-order valence-electron chi connectivity index (χ0n) is 9.52. The van der Waals surface area contributed by atoms with Crippen molar-refractivity contribution in [2.24, 2.45) is 5.92 Å². The van der Waals surface area contributed by atoms with E-state index in [0.29, 0.717) is 0 Å². The summed E-state index contributed by atoms with van der Waals surface area (Å²) in [5.74, 6) is 0.719. The minimum atomic E-state index is 0.183. The van der Waals surface area contributed by atoms with Gasteiger partial charge in [0.15, 0.2) is 0 Å². The molecule has 2 heteroatoms. The molecule has 0 aromatic rings. The first-order valence-electron chi connectivity index (χ1n) is 5.92. The quantitative estimate of drug-likeness (QED) is 0.654. The summed E-state index contributed by atoms with van der Waals surface area (Å²) >= 11 is 3.60. The Hall–Kier alpha value is 0.440. The number of hydrogen-bond acceptors (Lipinski definition) is 1. The molecular weight excluding hydrogens is 240 g/mol. The fraction of sp³-hybridized carbons (Fsp3) is 1.00. The topological polar surface area (TPSA) is 9.23 Å². The second-order valence-electron chi connectivity index (χ2n) is 4.73. The molecule has 1 nitrogen and oxygen atoms in total. The first kappa shape index (κ1) is 12.5. The first-order chi connectivity index (χ1) is 6.72. The van der Waals surface area contributed by atoms with Crippen LogP contribution in [0.25, 0.3) is 0 Å². The van der Waals surface area contributed by atoms with Gasteiger partial charge in [-0.1, -0.05) is 49.0 Å². The monoisotopic (exact) mass is 262 g/mol. The molecule has 0 aromatic heterocycles. The lowest BCUT2D eigenvalue weighted by Gasteiger charge is -2.28. The Morgan fingerprint density at radius 1 is 1.36 bits per heavy atom. The van der Waals surface area contributed by atoms with E-state index in [1.807, 2.05) is 0 Å². The Morgan fingerprint density at radius 2 is 2.00 bits per heavy atom. The molecule has 0 N–H and O–H groups in total. The molecule has 14 heavy (non-hydrogen) atoms. The van der Waals surface area contributed by atoms with Crippen LogP contribution in [0.2, 0.25) is 0 Å². The molecule has 0 amide bonds. The summed E-state index contributed by atoms with van der Waals surface area (Å²) in [4.78, 5) is 0. The average Bonchev–Trinajstić information content (AvgIpc) is 2.65. The van der Waals surface area contributed by atoms with Crippen LogP contribution >= 0.6 is 15.9 Å². The summed E-state index contributed by atoms with van der Waals surface area (Å²) in [6.45, 7) is 5.48. The molecule has 0 bridgehead atoms. The van der Waals surface area contributed by atoms with Gasteiger partial charge in [-0.05, 0) is 25.2 Å². The number of ether oxygens (including phenoxy) is 1. The molecule has 0 aromatic carbocycles. The van der Waals surface area contributed by atoms with Crippen LogP contribution in [0.4, 0.5) is 0 Å². The summed E-state index contributed by atoms with van der Waals surface area (Å²) in [5.41, 5.74) is 0.183. The zero-order chi connectivity index (χ0) is 10.4. The second kappa shape index (κ2) is 6.12. The largest absolute Gasteiger partial charge is 0.374 e. The summed E-state index contributed by atoms with van der Waals surface area (Å²) in [6, 6.07) is 0. The Labute approximate surface area is 96.7 Å². The van der Waals surface area contributed by atoms with E-state index in [9.17, 15) is 0 Å². The van der Waals surface area contributed by atoms with Gasteiger partial charge in [0.1, 0.15) is 0 Å². The van der Waals surface area contributed by atoms with Gasteiger partial charge in [0, 0.05) is 11.9 Å². The van der Waals surface area contributed by atoms with Gasteiger partial charge in [0.25, 0.3) is 0 Å². The highest BCUT2D eigenvalue weighted by atomic mass is 79.9. The van der Waals surface area contributed by atoms with E-state index >= 15 is 0 Å². The fourth-order valence-corrected chi connectivity index (χ4v) is 2.95. The molecule has 1 unspecified atom stereocenters.